The van der Waals surface area contributed by atoms with Gasteiger partial charge in [-0.05, 0) is 62.8 Å². The number of aryl methyl sites for hydroxylation is 2. The summed E-state index contributed by atoms with van der Waals surface area (Å²) >= 11 is 0. The molecule has 29 heavy (non-hydrogen) atoms. The minimum absolute atomic E-state index is 0.0673. The molecule has 0 bridgehead atoms. The summed E-state index contributed by atoms with van der Waals surface area (Å²) in [5.41, 5.74) is 3.20. The zero-order valence-corrected chi connectivity index (χ0v) is 17.2. The molecule has 1 amide bonds. The number of nitrogens with one attached hydrogen (secondary N) is 1. The van der Waals surface area contributed by atoms with Crippen molar-refractivity contribution < 1.29 is 9.53 Å². The van der Waals surface area contributed by atoms with Gasteiger partial charge in [-0.25, -0.2) is 0 Å². The van der Waals surface area contributed by atoms with E-state index in [0.29, 0.717) is 13.1 Å². The largest absolute Gasteiger partial charge is 0.495 e. The maximum absolute atomic E-state index is 13.3. The van der Waals surface area contributed by atoms with Gasteiger partial charge in [-0.1, -0.05) is 12.1 Å². The van der Waals surface area contributed by atoms with Crippen LogP contribution in [0.1, 0.15) is 47.8 Å². The molecular weight excluding hydrogens is 366 g/mol. The molecule has 1 unspecified atom stereocenters. The molecule has 1 aliphatic carbocycles. The van der Waals surface area contributed by atoms with E-state index < -0.39 is 0 Å². The van der Waals surface area contributed by atoms with Crippen LogP contribution < -0.4 is 15.2 Å². The van der Waals surface area contributed by atoms with Crippen LogP contribution in [0.3, 0.4) is 0 Å². The SMILES string of the molecule is COc1ccccc1N1CCC(C)N(C(=O)c2cc3c([nH]c2=O)CCCC3)CC1. The van der Waals surface area contributed by atoms with Gasteiger partial charge < -0.3 is 19.5 Å². The van der Waals surface area contributed by atoms with Crippen molar-refractivity contribution in [1.29, 1.82) is 0 Å². The lowest BCUT2D eigenvalue weighted by molar-refractivity contribution is 0.0703. The van der Waals surface area contributed by atoms with Crippen molar-refractivity contribution in [1.82, 2.24) is 9.88 Å². The van der Waals surface area contributed by atoms with E-state index in [1.165, 1.54) is 0 Å². The van der Waals surface area contributed by atoms with E-state index >= 15 is 0 Å². The van der Waals surface area contributed by atoms with Gasteiger partial charge in [0, 0.05) is 31.4 Å². The predicted molar refractivity (Wildman–Crippen MR) is 114 cm³/mol. The molecule has 2 heterocycles. The van der Waals surface area contributed by atoms with E-state index in [0.717, 1.165) is 61.3 Å². The Bertz CT molecular complexity index is 953. The van der Waals surface area contributed by atoms with E-state index in [1.807, 2.05) is 29.2 Å². The van der Waals surface area contributed by atoms with E-state index in [-0.39, 0.29) is 23.1 Å². The van der Waals surface area contributed by atoms with Crippen LogP contribution in [0.2, 0.25) is 0 Å². The number of aromatic nitrogens is 1. The fourth-order valence-electron chi connectivity index (χ4n) is 4.48. The number of H-pyrrole nitrogens is 1. The number of para-hydroxylation sites is 2. The molecule has 0 spiro atoms. The van der Waals surface area contributed by atoms with Crippen molar-refractivity contribution in [3.8, 4) is 5.75 Å². The molecule has 6 heteroatoms. The van der Waals surface area contributed by atoms with Crippen LogP contribution in [-0.2, 0) is 12.8 Å². The summed E-state index contributed by atoms with van der Waals surface area (Å²) in [6.45, 7) is 4.19. The molecule has 1 aromatic carbocycles. The number of benzene rings is 1. The van der Waals surface area contributed by atoms with Crippen molar-refractivity contribution in [2.75, 3.05) is 31.6 Å². The summed E-state index contributed by atoms with van der Waals surface area (Å²) in [6, 6.07) is 9.88. The summed E-state index contributed by atoms with van der Waals surface area (Å²) in [7, 11) is 1.68. The number of pyridine rings is 1. The first-order valence-corrected chi connectivity index (χ1v) is 10.5. The maximum atomic E-state index is 13.3. The van der Waals surface area contributed by atoms with Crippen molar-refractivity contribution in [3.05, 3.63) is 57.5 Å². The zero-order valence-electron chi connectivity index (χ0n) is 17.2. The lowest BCUT2D eigenvalue weighted by Gasteiger charge is -2.27. The molecule has 1 atom stereocenters. The molecule has 0 saturated carbocycles. The van der Waals surface area contributed by atoms with Crippen LogP contribution in [0, 0.1) is 0 Å². The zero-order chi connectivity index (χ0) is 20.4. The fourth-order valence-corrected chi connectivity index (χ4v) is 4.48. The minimum Gasteiger partial charge on any atom is -0.495 e. The number of fused-ring (bicyclic) bond motifs is 1. The summed E-state index contributed by atoms with van der Waals surface area (Å²) in [4.78, 5) is 33.0. The Labute approximate surface area is 171 Å². The second kappa shape index (κ2) is 8.31. The molecule has 6 nitrogen and oxygen atoms in total. The molecule has 1 fully saturated rings. The number of ether oxygens (including phenoxy) is 1. The van der Waals surface area contributed by atoms with Crippen molar-refractivity contribution >= 4 is 11.6 Å². The Balaban J connectivity index is 1.56. The number of amides is 1. The maximum Gasteiger partial charge on any atom is 0.261 e. The van der Waals surface area contributed by atoms with Crippen molar-refractivity contribution in [3.63, 3.8) is 0 Å². The van der Waals surface area contributed by atoms with Gasteiger partial charge in [0.1, 0.15) is 11.3 Å². The Morgan fingerprint density at radius 3 is 2.76 bits per heavy atom. The Morgan fingerprint density at radius 1 is 1.14 bits per heavy atom. The second-order valence-corrected chi connectivity index (χ2v) is 8.02. The number of anilines is 1. The molecule has 2 aromatic rings. The van der Waals surface area contributed by atoms with Gasteiger partial charge in [0.2, 0.25) is 0 Å². The standard InChI is InChI=1S/C23H29N3O3/c1-16-11-12-25(20-9-5-6-10-21(20)29-2)13-14-26(16)23(28)18-15-17-7-3-4-8-19(17)24-22(18)27/h5-6,9-10,15-16H,3-4,7-8,11-14H2,1-2H3,(H,24,27). The molecule has 1 aliphatic heterocycles. The highest BCUT2D eigenvalue weighted by molar-refractivity contribution is 5.94. The molecule has 2 aliphatic rings. The number of hydrogen-bond acceptors (Lipinski definition) is 4. The normalized spacial score (nSPS) is 19.4. The monoisotopic (exact) mass is 395 g/mol. The van der Waals surface area contributed by atoms with Gasteiger partial charge in [-0.2, -0.15) is 0 Å². The number of nitrogens with zero attached hydrogens (tertiary/aromatic N) is 2. The molecule has 1 saturated heterocycles. The second-order valence-electron chi connectivity index (χ2n) is 8.02. The van der Waals surface area contributed by atoms with E-state index in [9.17, 15) is 9.59 Å². The number of carbonyl (C=O) groups excluding carboxylic acids is 1. The van der Waals surface area contributed by atoms with Crippen LogP contribution in [0.4, 0.5) is 5.69 Å². The molecule has 1 N–H and O–H groups in total. The first kappa shape index (κ1) is 19.6. The van der Waals surface area contributed by atoms with Gasteiger partial charge in [-0.3, -0.25) is 9.59 Å². The van der Waals surface area contributed by atoms with Gasteiger partial charge in [0.05, 0.1) is 12.8 Å². The number of aromatic amines is 1. The molecule has 1 aromatic heterocycles. The number of hydrogen-bond donors (Lipinski definition) is 1. The lowest BCUT2D eigenvalue weighted by atomic mass is 9.94. The fraction of sp³-hybridized carbons (Fsp3) is 0.478. The Hall–Kier alpha value is -2.76. The molecular formula is C23H29N3O3. The average molecular weight is 396 g/mol. The third kappa shape index (κ3) is 3.88. The summed E-state index contributed by atoms with van der Waals surface area (Å²) in [6.07, 6.45) is 4.88. The number of carbonyl (C=O) groups is 1. The third-order valence-corrected chi connectivity index (χ3v) is 6.21. The highest BCUT2D eigenvalue weighted by Crippen LogP contribution is 2.29. The average Bonchev–Trinajstić information content (AvgIpc) is 2.94. The smallest absolute Gasteiger partial charge is 0.261 e. The van der Waals surface area contributed by atoms with Crippen LogP contribution in [-0.4, -0.2) is 48.6 Å². The van der Waals surface area contributed by atoms with Crippen LogP contribution in [0.5, 0.6) is 5.75 Å². The topological polar surface area (TPSA) is 65.6 Å². The highest BCUT2D eigenvalue weighted by Gasteiger charge is 2.29. The lowest BCUT2D eigenvalue weighted by Crippen LogP contribution is -2.42. The van der Waals surface area contributed by atoms with Crippen molar-refractivity contribution in [2.45, 2.75) is 45.1 Å². The predicted octanol–water partition coefficient (Wildman–Crippen LogP) is 3.00. The molecule has 154 valence electrons. The first-order chi connectivity index (χ1) is 14.1. The van der Waals surface area contributed by atoms with Crippen LogP contribution in [0.25, 0.3) is 0 Å². The van der Waals surface area contributed by atoms with Crippen molar-refractivity contribution in [2.24, 2.45) is 0 Å². The van der Waals surface area contributed by atoms with Gasteiger partial charge >= 0.3 is 0 Å². The first-order valence-electron chi connectivity index (χ1n) is 10.5. The quantitative estimate of drug-likeness (QED) is 0.868. The molecule has 4 rings (SSSR count). The minimum atomic E-state index is -0.256. The Morgan fingerprint density at radius 2 is 1.93 bits per heavy atom. The summed E-state index contributed by atoms with van der Waals surface area (Å²) < 4.78 is 5.51. The van der Waals surface area contributed by atoms with Crippen LogP contribution >= 0.6 is 0 Å². The van der Waals surface area contributed by atoms with Gasteiger partial charge in [0.25, 0.3) is 11.5 Å². The van der Waals surface area contributed by atoms with E-state index in [1.54, 1.807) is 7.11 Å². The van der Waals surface area contributed by atoms with E-state index in [4.69, 9.17) is 4.74 Å². The number of rotatable bonds is 3. The third-order valence-electron chi connectivity index (χ3n) is 6.21. The molecule has 0 radical (unpaired) electrons. The van der Waals surface area contributed by atoms with Crippen LogP contribution in [0.15, 0.2) is 35.1 Å². The highest BCUT2D eigenvalue weighted by atomic mass is 16.5. The van der Waals surface area contributed by atoms with Gasteiger partial charge in [0.15, 0.2) is 0 Å². The summed E-state index contributed by atoms with van der Waals surface area (Å²) in [5.74, 6) is 0.681. The summed E-state index contributed by atoms with van der Waals surface area (Å²) in [5, 5.41) is 0. The van der Waals surface area contributed by atoms with Gasteiger partial charge in [-0.15, -0.1) is 0 Å². The Kier molecular flexibility index (Phi) is 5.60. The van der Waals surface area contributed by atoms with E-state index in [2.05, 4.69) is 22.9 Å². The number of methoxy groups -OCH3 is 1.